The normalized spacial score (nSPS) is 16.7. The maximum absolute atomic E-state index is 11.9. The minimum absolute atomic E-state index is 0.00611. The van der Waals surface area contributed by atoms with E-state index >= 15 is 0 Å². The molecule has 1 atom stereocenters. The zero-order chi connectivity index (χ0) is 88.1. The summed E-state index contributed by atoms with van der Waals surface area (Å²) in [5.41, 5.74) is 7.83. The van der Waals surface area contributed by atoms with Crippen molar-refractivity contribution in [1.29, 1.82) is 0 Å². The molecule has 5 heteroatoms. The molecule has 1 aliphatic carbocycles. The molecule has 0 radical (unpaired) electrons. The molecule has 1 unspecified atom stereocenters. The maximum atomic E-state index is 11.9. The van der Waals surface area contributed by atoms with Crippen molar-refractivity contribution in [3.05, 3.63) is 360 Å². The van der Waals surface area contributed by atoms with Gasteiger partial charge in [0, 0.05) is 23.1 Å². The molecule has 17 aromatic rings. The molecule has 5 heterocycles. The summed E-state index contributed by atoms with van der Waals surface area (Å²) in [5, 5.41) is -0.246. The SMILES string of the molecule is [2H]c1c([2H])c([2H])c2c(c1[2H])Cc1c-2c2c([2H])c([2H])c([2H])c([2H])c2n1-c1c([2H])c([2H])c2c(c1[2H])N(c1c(-c3ccccc3)cc(C(C)(C)C)cc1-c1ccccc1)c1cc(-c3ccccc3)cc3c1C2c1c([2H])c([2H])c(-n2c4[se]c5c([2H])c([2H])c([2H])c([2H])c5c4c4c([2H])c([2H])c([2H])c([2H])c42)c([2H])c1N3c1c(-c2ccccc2)cc(C(C)(C)C)cc1-c1ccccc1. The summed E-state index contributed by atoms with van der Waals surface area (Å²) in [6.07, 6.45) is -0.335. The van der Waals surface area contributed by atoms with Gasteiger partial charge in [-0.15, -0.1) is 0 Å². The van der Waals surface area contributed by atoms with Crippen LogP contribution in [0.3, 0.4) is 0 Å². The Balaban J connectivity index is 1.05. The molecule has 20 rings (SSSR count). The number of hydrogen-bond donors (Lipinski definition) is 0. The van der Waals surface area contributed by atoms with E-state index in [0.29, 0.717) is 83.9 Å². The molecule has 3 aromatic heterocycles. The number of nitrogens with zero attached hydrogens (tertiary/aromatic N) is 4. The summed E-state index contributed by atoms with van der Waals surface area (Å²) in [5.74, 6) is -1.59. The van der Waals surface area contributed by atoms with E-state index < -0.39 is 158 Å². The first kappa shape index (κ1) is 42.5. The van der Waals surface area contributed by atoms with E-state index in [4.69, 9.17) is 5.48 Å². The van der Waals surface area contributed by atoms with Crippen molar-refractivity contribution in [3.63, 3.8) is 0 Å². The molecule has 14 aromatic carbocycles. The van der Waals surface area contributed by atoms with Crippen LogP contribution in [0.15, 0.2) is 321 Å². The van der Waals surface area contributed by atoms with Gasteiger partial charge in [0.2, 0.25) is 0 Å². The van der Waals surface area contributed by atoms with Crippen LogP contribution in [0.25, 0.3) is 119 Å². The monoisotopic (exact) mass is 1410 g/mol. The Bertz CT molecular complexity index is 7540. The van der Waals surface area contributed by atoms with E-state index in [0.717, 1.165) is 11.1 Å². The van der Waals surface area contributed by atoms with Gasteiger partial charge >= 0.3 is 421 Å². The molecule has 0 saturated carbocycles. The van der Waals surface area contributed by atoms with Gasteiger partial charge in [-0.05, 0) is 51.4 Å². The third kappa shape index (κ3) is 9.63. The molecule has 0 amide bonds. The Labute approximate surface area is 638 Å². The van der Waals surface area contributed by atoms with Crippen molar-refractivity contribution < 1.29 is 30.2 Å². The van der Waals surface area contributed by atoms with E-state index in [1.54, 1.807) is 0 Å². The zero-order valence-corrected chi connectivity index (χ0v) is 58.6. The Morgan fingerprint density at radius 2 is 0.796 bits per heavy atom. The summed E-state index contributed by atoms with van der Waals surface area (Å²) in [7, 11) is 0. The molecule has 103 heavy (non-hydrogen) atoms. The van der Waals surface area contributed by atoms with Crippen molar-refractivity contribution in [2.75, 3.05) is 9.80 Å². The number of fused-ring (bicyclic) bond motifs is 14. The van der Waals surface area contributed by atoms with Crippen molar-refractivity contribution in [1.82, 2.24) is 9.13 Å². The van der Waals surface area contributed by atoms with Gasteiger partial charge in [0.15, 0.2) is 0 Å². The first-order valence-corrected chi connectivity index (χ1v) is 36.1. The number of para-hydroxylation sites is 2. The first-order chi connectivity index (χ1) is 59.6. The number of hydrogen-bond acceptors (Lipinski definition) is 2. The van der Waals surface area contributed by atoms with Crippen LogP contribution in [0.2, 0.25) is 0 Å². The fraction of sp³-hybridized carbons (Fsp3) is 0.102. The summed E-state index contributed by atoms with van der Waals surface area (Å²) in [6.45, 7) is 12.7. The molecule has 0 bridgehead atoms. The first-order valence-electron chi connectivity index (χ1n) is 45.4. The van der Waals surface area contributed by atoms with E-state index in [1.165, 1.54) is 9.13 Å². The second-order valence-electron chi connectivity index (χ2n) is 28.6. The standard InChI is InChI=1S/C98H74N4Se/c1-97(2,3)68-55-78(62-32-14-8-15-33-62)94(79(56-68)63-34-16-9-17-35-63)101-84-59-70(99-82-45-27-24-42-73(82)90-72-41-23-22-40-66(72)52-86(90)99)48-50-75(84)91-76-51-49-71(100-83-46-28-25-43-74(83)92-77-44-26-29-47-89(77)103-96(92)100)60-85(76)102(88-54-67(53-87(101)93(88)91)61-30-12-7-13-31-61)95-80(64-36-18-10-19-37-64)57-69(98(4,5)6)58-81(95)65-38-20-11-21-39-65/h7-51,53-60,91H,52H2,1-6H3/i22D,23D,24D,25D,26D,27D,28D,29D,40D,41D,42D,43D,44D,45D,46D,47D,48D,49D,50D,51D,59D,60D. The summed E-state index contributed by atoms with van der Waals surface area (Å²) in [4.78, 5) is 3.91. The van der Waals surface area contributed by atoms with Gasteiger partial charge in [0.25, 0.3) is 0 Å². The van der Waals surface area contributed by atoms with Crippen molar-refractivity contribution in [3.8, 4) is 78.1 Å². The summed E-state index contributed by atoms with van der Waals surface area (Å²) in [6, 6.07) is 48.5. The van der Waals surface area contributed by atoms with Gasteiger partial charge < -0.3 is 0 Å². The number of anilines is 6. The van der Waals surface area contributed by atoms with Crippen molar-refractivity contribution in [2.45, 2.75) is 64.7 Å². The van der Waals surface area contributed by atoms with Crippen molar-refractivity contribution >= 4 is 89.9 Å². The van der Waals surface area contributed by atoms with Crippen LogP contribution >= 0.6 is 0 Å². The second kappa shape index (κ2) is 23.4. The molecule has 0 fully saturated rings. The van der Waals surface area contributed by atoms with Gasteiger partial charge in [-0.3, -0.25) is 0 Å². The van der Waals surface area contributed by atoms with Gasteiger partial charge in [0.1, 0.15) is 0 Å². The predicted molar refractivity (Wildman–Crippen MR) is 435 cm³/mol. The Morgan fingerprint density at radius 1 is 0.379 bits per heavy atom. The van der Waals surface area contributed by atoms with Crippen LogP contribution in [0.1, 0.15) is 117 Å². The quantitative estimate of drug-likeness (QED) is 0.134. The summed E-state index contributed by atoms with van der Waals surface area (Å²) < 4.78 is 224. The predicted octanol–water partition coefficient (Wildman–Crippen LogP) is 26.2. The molecule has 0 N–H and O–H groups in total. The molecular weight excluding hydrogens is 1310 g/mol. The Morgan fingerprint density at radius 3 is 1.29 bits per heavy atom. The number of aromatic nitrogens is 2. The van der Waals surface area contributed by atoms with Crippen LogP contribution in [0.4, 0.5) is 34.1 Å². The van der Waals surface area contributed by atoms with E-state index in [-0.39, 0.29) is 110 Å². The second-order valence-corrected chi connectivity index (χ2v) is 30.7. The fourth-order valence-electron chi connectivity index (χ4n) is 15.7. The third-order valence-electron chi connectivity index (χ3n) is 20.6. The van der Waals surface area contributed by atoms with Crippen LogP contribution in [-0.4, -0.2) is 23.6 Å². The fourth-order valence-corrected chi connectivity index (χ4v) is 18.1. The van der Waals surface area contributed by atoms with E-state index in [2.05, 4.69) is 65.8 Å². The molecule has 2 aliphatic heterocycles. The van der Waals surface area contributed by atoms with Crippen LogP contribution in [0, 0.1) is 0 Å². The topological polar surface area (TPSA) is 16.3 Å². The van der Waals surface area contributed by atoms with Crippen molar-refractivity contribution in [2.24, 2.45) is 0 Å². The number of benzene rings is 14. The molecular formula is C98H74N4Se. The average molecular weight is 1410 g/mol. The van der Waals surface area contributed by atoms with Crippen LogP contribution in [-0.2, 0) is 17.3 Å². The molecule has 0 spiro atoms. The van der Waals surface area contributed by atoms with Gasteiger partial charge in [-0.2, -0.15) is 0 Å². The number of rotatable bonds is 9. The third-order valence-corrected chi connectivity index (χ3v) is 22.8. The molecule has 4 nitrogen and oxygen atoms in total. The zero-order valence-electron chi connectivity index (χ0n) is 78.9. The van der Waals surface area contributed by atoms with Gasteiger partial charge in [-0.1, -0.05) is 130 Å². The summed E-state index contributed by atoms with van der Waals surface area (Å²) >= 11 is -1.22. The molecule has 3 aliphatic rings. The molecule has 0 saturated heterocycles. The van der Waals surface area contributed by atoms with Crippen LogP contribution in [0.5, 0.6) is 0 Å². The average Bonchev–Trinajstić information content (AvgIpc) is 1.43. The molecule has 492 valence electrons. The van der Waals surface area contributed by atoms with Gasteiger partial charge in [0.05, 0.1) is 16.5 Å². The van der Waals surface area contributed by atoms with Gasteiger partial charge in [-0.25, -0.2) is 0 Å². The van der Waals surface area contributed by atoms with Crippen LogP contribution < -0.4 is 9.80 Å². The minimum atomic E-state index is -1.59. The Hall–Kier alpha value is -11.7. The van der Waals surface area contributed by atoms with E-state index in [9.17, 15) is 24.7 Å². The Kier molecular flexibility index (Phi) is 9.67. The van der Waals surface area contributed by atoms with E-state index in [1.807, 2.05) is 174 Å².